The molecule has 1 aromatic carbocycles. The number of benzene rings is 1. The van der Waals surface area contributed by atoms with Crippen molar-refractivity contribution >= 4 is 0 Å². The molecule has 0 spiro atoms. The molecule has 0 aliphatic rings. The van der Waals surface area contributed by atoms with Crippen LogP contribution in [-0.4, -0.2) is 6.04 Å². The van der Waals surface area contributed by atoms with Crippen LogP contribution in [0.2, 0.25) is 0 Å². The van der Waals surface area contributed by atoms with Gasteiger partial charge >= 0.3 is 0 Å². The molecule has 0 amide bonds. The highest BCUT2D eigenvalue weighted by atomic mass is 19.1. The molecule has 0 saturated heterocycles. The number of hydrogen-bond acceptors (Lipinski definition) is 1. The number of aryl methyl sites for hydroxylation is 1. The fraction of sp³-hybridized carbons (Fsp3) is 0.500. The Bertz CT molecular complexity index is 309. The van der Waals surface area contributed by atoms with Crippen molar-refractivity contribution in [2.24, 2.45) is 5.73 Å². The number of hydrogen-bond donors (Lipinski definition) is 1. The molecule has 78 valence electrons. The van der Waals surface area contributed by atoms with Gasteiger partial charge in [0.1, 0.15) is 5.82 Å². The van der Waals surface area contributed by atoms with Gasteiger partial charge < -0.3 is 5.73 Å². The smallest absolute Gasteiger partial charge is 0.126 e. The van der Waals surface area contributed by atoms with Gasteiger partial charge in [0.25, 0.3) is 0 Å². The molecule has 0 aliphatic heterocycles. The van der Waals surface area contributed by atoms with Gasteiger partial charge in [-0.15, -0.1) is 0 Å². The minimum absolute atomic E-state index is 0.108. The Morgan fingerprint density at radius 1 is 1.43 bits per heavy atom. The zero-order valence-electron chi connectivity index (χ0n) is 9.05. The van der Waals surface area contributed by atoms with Crippen molar-refractivity contribution in [2.75, 3.05) is 0 Å². The summed E-state index contributed by atoms with van der Waals surface area (Å²) in [6.07, 6.45) is 0.913. The lowest BCUT2D eigenvalue weighted by molar-refractivity contribution is 0.544. The molecule has 2 atom stereocenters. The van der Waals surface area contributed by atoms with E-state index in [-0.39, 0.29) is 17.8 Å². The highest BCUT2D eigenvalue weighted by molar-refractivity contribution is 5.26. The summed E-state index contributed by atoms with van der Waals surface area (Å²) in [6, 6.07) is 5.47. The fourth-order valence-corrected chi connectivity index (χ4v) is 1.49. The molecule has 0 fully saturated rings. The van der Waals surface area contributed by atoms with E-state index in [1.807, 2.05) is 26.0 Å². The van der Waals surface area contributed by atoms with Crippen LogP contribution in [-0.2, 0) is 0 Å². The van der Waals surface area contributed by atoms with Crippen molar-refractivity contribution < 1.29 is 4.39 Å². The lowest BCUT2D eigenvalue weighted by Crippen LogP contribution is -2.25. The van der Waals surface area contributed by atoms with Crippen LogP contribution in [0.15, 0.2) is 18.2 Å². The van der Waals surface area contributed by atoms with E-state index < -0.39 is 0 Å². The van der Waals surface area contributed by atoms with Crippen LogP contribution in [0, 0.1) is 12.7 Å². The van der Waals surface area contributed by atoms with E-state index in [4.69, 9.17) is 5.73 Å². The third kappa shape index (κ3) is 2.32. The molecule has 0 bridgehead atoms. The van der Waals surface area contributed by atoms with E-state index in [2.05, 4.69) is 0 Å². The molecule has 0 aliphatic carbocycles. The van der Waals surface area contributed by atoms with E-state index in [9.17, 15) is 4.39 Å². The Labute approximate surface area is 85.1 Å². The van der Waals surface area contributed by atoms with Crippen molar-refractivity contribution in [1.29, 1.82) is 0 Å². The molecule has 14 heavy (non-hydrogen) atoms. The van der Waals surface area contributed by atoms with Crippen molar-refractivity contribution in [3.63, 3.8) is 0 Å². The van der Waals surface area contributed by atoms with Crippen LogP contribution in [0.5, 0.6) is 0 Å². The fourth-order valence-electron chi connectivity index (χ4n) is 1.49. The summed E-state index contributed by atoms with van der Waals surface area (Å²) in [4.78, 5) is 0. The zero-order chi connectivity index (χ0) is 10.7. The molecule has 0 saturated carbocycles. The quantitative estimate of drug-likeness (QED) is 0.788. The maximum absolute atomic E-state index is 13.3. The summed E-state index contributed by atoms with van der Waals surface area (Å²) in [6.45, 7) is 5.85. The Balaban J connectivity index is 2.91. The number of rotatable bonds is 3. The number of nitrogens with two attached hydrogens (primary N) is 1. The van der Waals surface area contributed by atoms with Gasteiger partial charge in [-0.2, -0.15) is 0 Å². The molecule has 0 radical (unpaired) electrons. The van der Waals surface area contributed by atoms with E-state index >= 15 is 0 Å². The molecule has 2 heteroatoms. The highest BCUT2D eigenvalue weighted by Crippen LogP contribution is 2.21. The average Bonchev–Trinajstić information content (AvgIpc) is 2.20. The molecule has 1 rings (SSSR count). The third-order valence-corrected chi connectivity index (χ3v) is 2.84. The summed E-state index contributed by atoms with van der Waals surface area (Å²) in [5.74, 6) is 0.0766. The van der Waals surface area contributed by atoms with E-state index in [1.165, 1.54) is 0 Å². The zero-order valence-corrected chi connectivity index (χ0v) is 9.05. The van der Waals surface area contributed by atoms with Gasteiger partial charge in [0, 0.05) is 6.04 Å². The third-order valence-electron chi connectivity index (χ3n) is 2.84. The highest BCUT2D eigenvalue weighted by Gasteiger charge is 2.13. The van der Waals surface area contributed by atoms with Crippen LogP contribution in [0.25, 0.3) is 0 Å². The first kappa shape index (κ1) is 11.2. The minimum Gasteiger partial charge on any atom is -0.327 e. The molecular formula is C12H18FN. The SMILES string of the molecule is CCC(N)C(C)c1ccc(C)c(F)c1. The second-order valence-corrected chi connectivity index (χ2v) is 3.87. The van der Waals surface area contributed by atoms with E-state index in [1.54, 1.807) is 13.0 Å². The standard InChI is InChI=1S/C12H18FN/c1-4-12(14)9(3)10-6-5-8(2)11(13)7-10/h5-7,9,12H,4,14H2,1-3H3. The lowest BCUT2D eigenvalue weighted by Gasteiger charge is -2.18. The summed E-state index contributed by atoms with van der Waals surface area (Å²) < 4.78 is 13.3. The van der Waals surface area contributed by atoms with Crippen LogP contribution in [0.3, 0.4) is 0 Å². The molecule has 2 N–H and O–H groups in total. The Morgan fingerprint density at radius 2 is 2.07 bits per heavy atom. The Morgan fingerprint density at radius 3 is 2.57 bits per heavy atom. The molecule has 0 heterocycles. The summed E-state index contributed by atoms with van der Waals surface area (Å²) in [5.41, 5.74) is 7.59. The second kappa shape index (κ2) is 4.56. The van der Waals surface area contributed by atoms with E-state index in [0.717, 1.165) is 12.0 Å². The summed E-state index contributed by atoms with van der Waals surface area (Å²) in [5, 5.41) is 0. The van der Waals surface area contributed by atoms with Gasteiger partial charge in [-0.3, -0.25) is 0 Å². The van der Waals surface area contributed by atoms with Crippen molar-refractivity contribution in [2.45, 2.75) is 39.2 Å². The topological polar surface area (TPSA) is 26.0 Å². The van der Waals surface area contributed by atoms with Crippen LogP contribution < -0.4 is 5.73 Å². The average molecular weight is 195 g/mol. The molecule has 2 unspecified atom stereocenters. The van der Waals surface area contributed by atoms with Gasteiger partial charge in [0.05, 0.1) is 0 Å². The van der Waals surface area contributed by atoms with Gasteiger partial charge in [0.2, 0.25) is 0 Å². The second-order valence-electron chi connectivity index (χ2n) is 3.87. The van der Waals surface area contributed by atoms with Gasteiger partial charge in [0.15, 0.2) is 0 Å². The molecule has 1 nitrogen and oxygen atoms in total. The first-order valence-corrected chi connectivity index (χ1v) is 5.08. The van der Waals surface area contributed by atoms with Gasteiger partial charge in [-0.1, -0.05) is 26.0 Å². The van der Waals surface area contributed by atoms with Crippen LogP contribution in [0.1, 0.15) is 37.3 Å². The minimum atomic E-state index is -0.141. The van der Waals surface area contributed by atoms with Crippen molar-refractivity contribution in [3.05, 3.63) is 35.1 Å². The predicted molar refractivity (Wildman–Crippen MR) is 57.8 cm³/mol. The maximum atomic E-state index is 13.3. The Hall–Kier alpha value is -0.890. The maximum Gasteiger partial charge on any atom is 0.126 e. The first-order valence-electron chi connectivity index (χ1n) is 5.08. The van der Waals surface area contributed by atoms with Crippen LogP contribution >= 0.6 is 0 Å². The van der Waals surface area contributed by atoms with Gasteiger partial charge in [-0.05, 0) is 36.5 Å². The number of halogens is 1. The first-order chi connectivity index (χ1) is 6.56. The summed E-state index contributed by atoms with van der Waals surface area (Å²) in [7, 11) is 0. The van der Waals surface area contributed by atoms with Crippen LogP contribution in [0.4, 0.5) is 4.39 Å². The molecule has 0 aromatic heterocycles. The lowest BCUT2D eigenvalue weighted by atomic mass is 9.92. The van der Waals surface area contributed by atoms with E-state index in [0.29, 0.717) is 5.56 Å². The molecule has 1 aromatic rings. The largest absolute Gasteiger partial charge is 0.327 e. The Kier molecular flexibility index (Phi) is 3.64. The summed E-state index contributed by atoms with van der Waals surface area (Å²) >= 11 is 0. The monoisotopic (exact) mass is 195 g/mol. The van der Waals surface area contributed by atoms with Crippen molar-refractivity contribution in [1.82, 2.24) is 0 Å². The normalized spacial score (nSPS) is 15.2. The van der Waals surface area contributed by atoms with Crippen molar-refractivity contribution in [3.8, 4) is 0 Å². The van der Waals surface area contributed by atoms with Gasteiger partial charge in [-0.25, -0.2) is 4.39 Å². The predicted octanol–water partition coefficient (Wildman–Crippen LogP) is 2.97. The molecular weight excluding hydrogens is 177 g/mol.